The van der Waals surface area contributed by atoms with Crippen molar-refractivity contribution in [2.45, 2.75) is 20.8 Å². The van der Waals surface area contributed by atoms with Crippen LogP contribution >= 0.6 is 0 Å². The van der Waals surface area contributed by atoms with Gasteiger partial charge in [0.25, 0.3) is 5.91 Å². The maximum atomic E-state index is 11.9. The summed E-state index contributed by atoms with van der Waals surface area (Å²) in [6, 6.07) is 13.3. The van der Waals surface area contributed by atoms with Gasteiger partial charge in [0, 0.05) is 25.4 Å². The van der Waals surface area contributed by atoms with E-state index in [-0.39, 0.29) is 12.5 Å². The number of benzene rings is 1. The number of hydrogen-bond donors (Lipinski definition) is 3. The van der Waals surface area contributed by atoms with Gasteiger partial charge in [0.1, 0.15) is 29.0 Å². The zero-order chi connectivity index (χ0) is 21.3. The summed E-state index contributed by atoms with van der Waals surface area (Å²) in [6.45, 7) is 6.76. The third-order valence-electron chi connectivity index (χ3n) is 4.12. The van der Waals surface area contributed by atoms with Crippen molar-refractivity contribution in [1.82, 2.24) is 20.3 Å². The van der Waals surface area contributed by atoms with E-state index in [1.807, 2.05) is 57.2 Å². The quantitative estimate of drug-likeness (QED) is 0.469. The first-order valence-corrected chi connectivity index (χ1v) is 9.73. The Morgan fingerprint density at radius 3 is 2.53 bits per heavy atom. The molecule has 0 spiro atoms. The minimum absolute atomic E-state index is 0.0202. The second-order valence-corrected chi connectivity index (χ2v) is 6.91. The molecule has 1 amide bonds. The number of nitrogens with one attached hydrogen (secondary N) is 3. The van der Waals surface area contributed by atoms with E-state index in [1.165, 1.54) is 0 Å². The molecule has 30 heavy (non-hydrogen) atoms. The van der Waals surface area contributed by atoms with Gasteiger partial charge in [0.15, 0.2) is 6.61 Å². The van der Waals surface area contributed by atoms with Crippen LogP contribution in [0.5, 0.6) is 5.75 Å². The van der Waals surface area contributed by atoms with Gasteiger partial charge in [-0.3, -0.25) is 4.79 Å². The molecular formula is C22H26N6O2. The maximum absolute atomic E-state index is 11.9. The molecule has 0 bridgehead atoms. The summed E-state index contributed by atoms with van der Waals surface area (Å²) >= 11 is 0. The van der Waals surface area contributed by atoms with E-state index in [4.69, 9.17) is 4.74 Å². The molecule has 3 aromatic rings. The summed E-state index contributed by atoms with van der Waals surface area (Å²) in [6.07, 6.45) is 1.75. The van der Waals surface area contributed by atoms with Crippen LogP contribution in [0.3, 0.4) is 0 Å². The Kier molecular flexibility index (Phi) is 7.15. The van der Waals surface area contributed by atoms with E-state index in [1.54, 1.807) is 12.3 Å². The molecule has 0 aliphatic heterocycles. The van der Waals surface area contributed by atoms with E-state index < -0.39 is 0 Å². The van der Waals surface area contributed by atoms with Crippen LogP contribution in [0.4, 0.5) is 17.5 Å². The second-order valence-electron chi connectivity index (χ2n) is 6.91. The fraction of sp³-hybridized carbons (Fsp3) is 0.273. The molecule has 8 heteroatoms. The Morgan fingerprint density at radius 1 is 0.933 bits per heavy atom. The average Bonchev–Trinajstić information content (AvgIpc) is 2.69. The van der Waals surface area contributed by atoms with E-state index in [0.29, 0.717) is 36.3 Å². The van der Waals surface area contributed by atoms with E-state index in [0.717, 1.165) is 16.9 Å². The van der Waals surface area contributed by atoms with Gasteiger partial charge in [-0.15, -0.1) is 0 Å². The van der Waals surface area contributed by atoms with Crippen molar-refractivity contribution in [1.29, 1.82) is 0 Å². The highest BCUT2D eigenvalue weighted by Gasteiger charge is 2.05. The summed E-state index contributed by atoms with van der Waals surface area (Å²) < 4.78 is 5.49. The van der Waals surface area contributed by atoms with Crippen molar-refractivity contribution in [2.24, 2.45) is 0 Å². The van der Waals surface area contributed by atoms with Crippen molar-refractivity contribution in [3.8, 4) is 5.75 Å². The minimum Gasteiger partial charge on any atom is -0.484 e. The Balaban J connectivity index is 1.44. The first-order valence-electron chi connectivity index (χ1n) is 9.73. The average molecular weight is 406 g/mol. The zero-order valence-electron chi connectivity index (χ0n) is 17.4. The van der Waals surface area contributed by atoms with Crippen LogP contribution in [0.15, 0.2) is 48.7 Å². The largest absolute Gasteiger partial charge is 0.484 e. The molecule has 0 unspecified atom stereocenters. The molecule has 156 valence electrons. The molecule has 3 rings (SSSR count). The fourth-order valence-corrected chi connectivity index (χ4v) is 2.76. The number of hydrogen-bond acceptors (Lipinski definition) is 7. The number of amides is 1. The first kappa shape index (κ1) is 21.0. The van der Waals surface area contributed by atoms with Crippen LogP contribution in [0, 0.1) is 20.8 Å². The van der Waals surface area contributed by atoms with Crippen molar-refractivity contribution in [3.63, 3.8) is 0 Å². The molecule has 1 aromatic carbocycles. The number of ether oxygens (including phenoxy) is 1. The van der Waals surface area contributed by atoms with Crippen molar-refractivity contribution in [3.05, 3.63) is 65.6 Å². The van der Waals surface area contributed by atoms with Crippen LogP contribution in [0.2, 0.25) is 0 Å². The third kappa shape index (κ3) is 6.73. The number of nitrogens with zero attached hydrogens (tertiary/aromatic N) is 3. The summed E-state index contributed by atoms with van der Waals surface area (Å²) in [4.78, 5) is 25.0. The lowest BCUT2D eigenvalue weighted by molar-refractivity contribution is -0.123. The summed E-state index contributed by atoms with van der Waals surface area (Å²) in [5.41, 5.74) is 2.20. The lowest BCUT2D eigenvalue weighted by atomic mass is 10.2. The standard InChI is InChI=1S/C22H26N6O2/c1-15-5-4-6-18(11-15)30-14-22(29)25-10-9-24-20-13-21(27-17(3)26-20)28-19-12-16(2)7-8-23-19/h4-8,11-13H,9-10,14H2,1-3H3,(H,25,29)(H2,23,24,26,27,28). The minimum atomic E-state index is -0.176. The molecule has 0 aliphatic rings. The van der Waals surface area contributed by atoms with Gasteiger partial charge in [-0.2, -0.15) is 0 Å². The molecule has 3 N–H and O–H groups in total. The molecule has 0 atom stereocenters. The van der Waals surface area contributed by atoms with Crippen LogP contribution in [0.25, 0.3) is 0 Å². The smallest absolute Gasteiger partial charge is 0.258 e. The zero-order valence-corrected chi connectivity index (χ0v) is 17.4. The third-order valence-corrected chi connectivity index (χ3v) is 4.12. The van der Waals surface area contributed by atoms with Gasteiger partial charge in [-0.05, 0) is 56.2 Å². The molecule has 2 aromatic heterocycles. The van der Waals surface area contributed by atoms with Gasteiger partial charge in [-0.1, -0.05) is 12.1 Å². The van der Waals surface area contributed by atoms with Crippen molar-refractivity contribution >= 4 is 23.4 Å². The lowest BCUT2D eigenvalue weighted by Gasteiger charge is -2.11. The maximum Gasteiger partial charge on any atom is 0.258 e. The van der Waals surface area contributed by atoms with Crippen LogP contribution in [-0.4, -0.2) is 40.6 Å². The monoisotopic (exact) mass is 406 g/mol. The normalized spacial score (nSPS) is 10.4. The van der Waals surface area contributed by atoms with Crippen LogP contribution in [-0.2, 0) is 4.79 Å². The topological polar surface area (TPSA) is 101 Å². The Bertz CT molecular complexity index is 1010. The predicted octanol–water partition coefficient (Wildman–Crippen LogP) is 3.15. The van der Waals surface area contributed by atoms with E-state index in [2.05, 4.69) is 30.9 Å². The first-order chi connectivity index (χ1) is 14.5. The second kappa shape index (κ2) is 10.2. The van der Waals surface area contributed by atoms with Crippen molar-refractivity contribution < 1.29 is 9.53 Å². The number of carbonyl (C=O) groups is 1. The van der Waals surface area contributed by atoms with Gasteiger partial charge in [-0.25, -0.2) is 15.0 Å². The molecular weight excluding hydrogens is 380 g/mol. The SMILES string of the molecule is Cc1cccc(OCC(=O)NCCNc2cc(Nc3cc(C)ccn3)nc(C)n2)c1. The predicted molar refractivity (Wildman–Crippen MR) is 117 cm³/mol. The Labute approximate surface area is 176 Å². The van der Waals surface area contributed by atoms with Gasteiger partial charge < -0.3 is 20.7 Å². The molecule has 0 saturated heterocycles. The number of anilines is 3. The molecule has 8 nitrogen and oxygen atoms in total. The highest BCUT2D eigenvalue weighted by Crippen LogP contribution is 2.16. The summed E-state index contributed by atoms with van der Waals surface area (Å²) in [7, 11) is 0. The molecule has 0 saturated carbocycles. The molecule has 2 heterocycles. The Hall–Kier alpha value is -3.68. The highest BCUT2D eigenvalue weighted by molar-refractivity contribution is 5.77. The number of rotatable bonds is 9. The summed E-state index contributed by atoms with van der Waals surface area (Å²) in [5, 5.41) is 9.19. The van der Waals surface area contributed by atoms with Crippen LogP contribution < -0.4 is 20.7 Å². The number of pyridine rings is 1. The lowest BCUT2D eigenvalue weighted by Crippen LogP contribution is -2.32. The molecule has 0 aliphatic carbocycles. The molecule has 0 fully saturated rings. The van der Waals surface area contributed by atoms with E-state index in [9.17, 15) is 4.79 Å². The van der Waals surface area contributed by atoms with Gasteiger partial charge in [0.2, 0.25) is 0 Å². The van der Waals surface area contributed by atoms with E-state index >= 15 is 0 Å². The number of aryl methyl sites for hydroxylation is 3. The summed E-state index contributed by atoms with van der Waals surface area (Å²) in [5.74, 6) is 3.18. The van der Waals surface area contributed by atoms with Gasteiger partial charge in [0.05, 0.1) is 0 Å². The van der Waals surface area contributed by atoms with Crippen molar-refractivity contribution in [2.75, 3.05) is 30.3 Å². The van der Waals surface area contributed by atoms with Gasteiger partial charge >= 0.3 is 0 Å². The number of carbonyl (C=O) groups excluding carboxylic acids is 1. The number of aromatic nitrogens is 3. The fourth-order valence-electron chi connectivity index (χ4n) is 2.76. The highest BCUT2D eigenvalue weighted by atomic mass is 16.5. The van der Waals surface area contributed by atoms with Crippen LogP contribution in [0.1, 0.15) is 17.0 Å². The molecule has 0 radical (unpaired) electrons. The Morgan fingerprint density at radius 2 is 1.73 bits per heavy atom.